The van der Waals surface area contributed by atoms with Gasteiger partial charge in [-0.3, -0.25) is 10.1 Å². The molecule has 1 aliphatic rings. The molecular weight excluding hydrogens is 210 g/mol. The number of hydrogen-bond donors (Lipinski definition) is 0. The van der Waals surface area contributed by atoms with Crippen LogP contribution in [0.3, 0.4) is 0 Å². The van der Waals surface area contributed by atoms with Crippen LogP contribution in [0.2, 0.25) is 0 Å². The van der Waals surface area contributed by atoms with Crippen LogP contribution in [0.25, 0.3) is 0 Å². The lowest BCUT2D eigenvalue weighted by atomic mass is 10.3. The molecule has 0 aliphatic carbocycles. The maximum Gasteiger partial charge on any atom is 0.290 e. The average molecular weight is 223 g/mol. The third-order valence-electron chi connectivity index (χ3n) is 2.57. The Morgan fingerprint density at radius 3 is 2.69 bits per heavy atom. The predicted octanol–water partition coefficient (Wildman–Crippen LogP) is 1.13. The van der Waals surface area contributed by atoms with Crippen LogP contribution in [0.5, 0.6) is 0 Å². The Balaban J connectivity index is 2.23. The monoisotopic (exact) mass is 223 g/mol. The van der Waals surface area contributed by atoms with Gasteiger partial charge >= 0.3 is 0 Å². The molecule has 6 heteroatoms. The highest BCUT2D eigenvalue weighted by Gasteiger charge is 2.16. The number of aryl methyl sites for hydroxylation is 1. The van der Waals surface area contributed by atoms with Crippen molar-refractivity contribution in [3.8, 4) is 0 Å². The third kappa shape index (κ3) is 2.11. The van der Waals surface area contributed by atoms with E-state index >= 15 is 0 Å². The first-order valence-corrected chi connectivity index (χ1v) is 5.13. The van der Waals surface area contributed by atoms with Crippen LogP contribution < -0.4 is 4.90 Å². The normalized spacial score (nSPS) is 16.2. The fourth-order valence-corrected chi connectivity index (χ4v) is 1.70. The minimum absolute atomic E-state index is 0.0667. The van der Waals surface area contributed by atoms with E-state index in [0.717, 1.165) is 18.9 Å². The van der Waals surface area contributed by atoms with Crippen molar-refractivity contribution in [1.82, 2.24) is 4.98 Å². The standard InChI is InChI=1S/C10H13N3O3/c1-8-9(13(14)15)2-3-10(11-8)12-4-6-16-7-5-12/h2-3H,4-7H2,1H3. The number of ether oxygens (including phenoxy) is 1. The Morgan fingerprint density at radius 1 is 1.44 bits per heavy atom. The zero-order chi connectivity index (χ0) is 11.5. The summed E-state index contributed by atoms with van der Waals surface area (Å²) in [6.07, 6.45) is 0. The predicted molar refractivity (Wildman–Crippen MR) is 58.7 cm³/mol. The fraction of sp³-hybridized carbons (Fsp3) is 0.500. The summed E-state index contributed by atoms with van der Waals surface area (Å²) in [6, 6.07) is 3.20. The molecule has 1 saturated heterocycles. The zero-order valence-corrected chi connectivity index (χ0v) is 9.05. The number of rotatable bonds is 2. The van der Waals surface area contributed by atoms with Crippen LogP contribution in [0, 0.1) is 17.0 Å². The molecule has 1 aromatic heterocycles. The Kier molecular flexibility index (Phi) is 3.00. The molecule has 0 atom stereocenters. The van der Waals surface area contributed by atoms with Crippen LogP contribution in [0.4, 0.5) is 11.5 Å². The quantitative estimate of drug-likeness (QED) is 0.555. The minimum Gasteiger partial charge on any atom is -0.378 e. The van der Waals surface area contributed by atoms with Crippen LogP contribution in [-0.4, -0.2) is 36.2 Å². The van der Waals surface area contributed by atoms with E-state index in [2.05, 4.69) is 9.88 Å². The molecule has 0 radical (unpaired) electrons. The first kappa shape index (κ1) is 10.8. The van der Waals surface area contributed by atoms with Crippen molar-refractivity contribution in [1.29, 1.82) is 0 Å². The van der Waals surface area contributed by atoms with Gasteiger partial charge in [-0.15, -0.1) is 0 Å². The summed E-state index contributed by atoms with van der Waals surface area (Å²) in [5, 5.41) is 10.6. The van der Waals surface area contributed by atoms with Gasteiger partial charge in [-0.05, 0) is 13.0 Å². The second kappa shape index (κ2) is 4.44. The molecule has 0 saturated carbocycles. The number of nitro groups is 1. The van der Waals surface area contributed by atoms with Crippen molar-refractivity contribution in [3.05, 3.63) is 27.9 Å². The molecule has 1 aromatic rings. The molecule has 0 N–H and O–H groups in total. The van der Waals surface area contributed by atoms with E-state index in [0.29, 0.717) is 18.9 Å². The number of pyridine rings is 1. The van der Waals surface area contributed by atoms with Crippen molar-refractivity contribution in [2.75, 3.05) is 31.2 Å². The van der Waals surface area contributed by atoms with Crippen molar-refractivity contribution in [2.45, 2.75) is 6.92 Å². The van der Waals surface area contributed by atoms with E-state index < -0.39 is 4.92 Å². The van der Waals surface area contributed by atoms with Crippen molar-refractivity contribution in [2.24, 2.45) is 0 Å². The van der Waals surface area contributed by atoms with Crippen LogP contribution >= 0.6 is 0 Å². The van der Waals surface area contributed by atoms with E-state index in [1.165, 1.54) is 6.07 Å². The van der Waals surface area contributed by atoms with Crippen molar-refractivity contribution in [3.63, 3.8) is 0 Å². The summed E-state index contributed by atoms with van der Waals surface area (Å²) in [7, 11) is 0. The molecule has 0 unspecified atom stereocenters. The smallest absolute Gasteiger partial charge is 0.290 e. The SMILES string of the molecule is Cc1nc(N2CCOCC2)ccc1[N+](=O)[O-]. The topological polar surface area (TPSA) is 68.5 Å². The van der Waals surface area contributed by atoms with E-state index in [9.17, 15) is 10.1 Å². The van der Waals surface area contributed by atoms with E-state index in [1.807, 2.05) is 0 Å². The molecule has 6 nitrogen and oxygen atoms in total. The van der Waals surface area contributed by atoms with Gasteiger partial charge < -0.3 is 9.64 Å². The number of nitrogens with zero attached hydrogens (tertiary/aromatic N) is 3. The Labute approximate surface area is 93.0 Å². The van der Waals surface area contributed by atoms with Gasteiger partial charge in [0, 0.05) is 19.2 Å². The molecule has 16 heavy (non-hydrogen) atoms. The van der Waals surface area contributed by atoms with Gasteiger partial charge in [0.25, 0.3) is 5.69 Å². The number of anilines is 1. The summed E-state index contributed by atoms with van der Waals surface area (Å²) < 4.78 is 5.24. The second-order valence-electron chi connectivity index (χ2n) is 3.63. The Bertz CT molecular complexity index is 402. The molecule has 0 bridgehead atoms. The summed E-state index contributed by atoms with van der Waals surface area (Å²) >= 11 is 0. The van der Waals surface area contributed by atoms with E-state index in [-0.39, 0.29) is 5.69 Å². The first-order chi connectivity index (χ1) is 7.68. The molecule has 2 heterocycles. The van der Waals surface area contributed by atoms with Crippen molar-refractivity contribution >= 4 is 11.5 Å². The van der Waals surface area contributed by atoms with Gasteiger partial charge in [-0.25, -0.2) is 4.98 Å². The maximum absolute atomic E-state index is 10.6. The van der Waals surface area contributed by atoms with Gasteiger partial charge in [0.15, 0.2) is 0 Å². The van der Waals surface area contributed by atoms with Crippen LogP contribution in [0.15, 0.2) is 12.1 Å². The van der Waals surface area contributed by atoms with Crippen molar-refractivity contribution < 1.29 is 9.66 Å². The molecule has 0 aromatic carbocycles. The molecular formula is C10H13N3O3. The molecule has 2 rings (SSSR count). The van der Waals surface area contributed by atoms with Gasteiger partial charge in [0.2, 0.25) is 0 Å². The van der Waals surface area contributed by atoms with E-state index in [1.54, 1.807) is 13.0 Å². The summed E-state index contributed by atoms with van der Waals surface area (Å²) in [4.78, 5) is 16.5. The second-order valence-corrected chi connectivity index (χ2v) is 3.63. The Morgan fingerprint density at radius 2 is 2.12 bits per heavy atom. The molecule has 1 fully saturated rings. The third-order valence-corrected chi connectivity index (χ3v) is 2.57. The molecule has 1 aliphatic heterocycles. The number of hydrogen-bond acceptors (Lipinski definition) is 5. The van der Waals surface area contributed by atoms with Gasteiger partial charge in [-0.2, -0.15) is 0 Å². The summed E-state index contributed by atoms with van der Waals surface area (Å²) in [5.41, 5.74) is 0.519. The maximum atomic E-state index is 10.6. The molecule has 86 valence electrons. The lowest BCUT2D eigenvalue weighted by Gasteiger charge is -2.27. The highest BCUT2D eigenvalue weighted by Crippen LogP contribution is 2.20. The number of morpholine rings is 1. The first-order valence-electron chi connectivity index (χ1n) is 5.13. The number of aromatic nitrogens is 1. The van der Waals surface area contributed by atoms with Crippen LogP contribution in [0.1, 0.15) is 5.69 Å². The largest absolute Gasteiger partial charge is 0.378 e. The Hall–Kier alpha value is -1.69. The minimum atomic E-state index is -0.411. The average Bonchev–Trinajstić information content (AvgIpc) is 2.29. The lowest BCUT2D eigenvalue weighted by molar-refractivity contribution is -0.385. The molecule has 0 amide bonds. The van der Waals surface area contributed by atoms with Crippen LogP contribution in [-0.2, 0) is 4.74 Å². The van der Waals surface area contributed by atoms with Gasteiger partial charge in [-0.1, -0.05) is 0 Å². The zero-order valence-electron chi connectivity index (χ0n) is 9.05. The highest BCUT2D eigenvalue weighted by molar-refractivity contribution is 5.46. The lowest BCUT2D eigenvalue weighted by Crippen LogP contribution is -2.36. The van der Waals surface area contributed by atoms with Gasteiger partial charge in [0.05, 0.1) is 18.1 Å². The van der Waals surface area contributed by atoms with E-state index in [4.69, 9.17) is 4.74 Å². The summed E-state index contributed by atoms with van der Waals surface area (Å²) in [5.74, 6) is 0.784. The van der Waals surface area contributed by atoms with Gasteiger partial charge in [0.1, 0.15) is 11.5 Å². The highest BCUT2D eigenvalue weighted by atomic mass is 16.6. The summed E-state index contributed by atoms with van der Waals surface area (Å²) in [6.45, 7) is 4.58. The molecule has 0 spiro atoms. The fourth-order valence-electron chi connectivity index (χ4n) is 1.70.